The molecule has 23 heavy (non-hydrogen) atoms. The Bertz CT molecular complexity index is 640. The van der Waals surface area contributed by atoms with Crippen LogP contribution in [0, 0.1) is 0 Å². The van der Waals surface area contributed by atoms with Crippen LogP contribution >= 0.6 is 0 Å². The zero-order valence-electron chi connectivity index (χ0n) is 13.0. The van der Waals surface area contributed by atoms with Crippen LogP contribution < -0.4 is 4.90 Å². The molecule has 0 aromatic carbocycles. The molecule has 0 aliphatic carbocycles. The fourth-order valence-electron chi connectivity index (χ4n) is 3.36. The van der Waals surface area contributed by atoms with Crippen molar-refractivity contribution in [3.8, 4) is 0 Å². The summed E-state index contributed by atoms with van der Waals surface area (Å²) in [5, 5.41) is 0. The van der Waals surface area contributed by atoms with E-state index >= 15 is 0 Å². The minimum Gasteiger partial charge on any atom is -0.371 e. The zero-order valence-corrected chi connectivity index (χ0v) is 13.0. The van der Waals surface area contributed by atoms with Crippen LogP contribution in [0.5, 0.6) is 0 Å². The van der Waals surface area contributed by atoms with Gasteiger partial charge in [0.05, 0.1) is 31.5 Å². The molecule has 2 saturated heterocycles. The quantitative estimate of drug-likeness (QED) is 0.858. The largest absolute Gasteiger partial charge is 0.371 e. The topological polar surface area (TPSA) is 60.4 Å². The van der Waals surface area contributed by atoms with Crippen LogP contribution in [0.4, 0.5) is 5.95 Å². The summed E-state index contributed by atoms with van der Waals surface area (Å²) in [7, 11) is 0. The predicted molar refractivity (Wildman–Crippen MR) is 85.0 cm³/mol. The highest BCUT2D eigenvalue weighted by atomic mass is 16.6. The van der Waals surface area contributed by atoms with E-state index in [0.717, 1.165) is 37.4 Å². The molecule has 0 bridgehead atoms. The van der Waals surface area contributed by atoms with Crippen LogP contribution in [0.2, 0.25) is 0 Å². The van der Waals surface area contributed by atoms with Crippen molar-refractivity contribution in [1.29, 1.82) is 0 Å². The molecule has 0 saturated carbocycles. The smallest absolute Gasteiger partial charge is 0.225 e. The number of aromatic nitrogens is 3. The summed E-state index contributed by atoms with van der Waals surface area (Å²) in [6.07, 6.45) is 9.25. The van der Waals surface area contributed by atoms with Gasteiger partial charge in [0, 0.05) is 37.8 Å². The minimum atomic E-state index is -0.112. The van der Waals surface area contributed by atoms with Gasteiger partial charge in [-0.2, -0.15) is 0 Å². The maximum atomic E-state index is 6.12. The first kappa shape index (κ1) is 14.5. The van der Waals surface area contributed by atoms with E-state index in [0.29, 0.717) is 13.2 Å². The molecule has 4 rings (SSSR count). The molecule has 2 aromatic heterocycles. The molecule has 2 fully saturated rings. The van der Waals surface area contributed by atoms with Crippen molar-refractivity contribution in [2.75, 3.05) is 24.6 Å². The maximum Gasteiger partial charge on any atom is 0.225 e. The Balaban J connectivity index is 1.33. The summed E-state index contributed by atoms with van der Waals surface area (Å²) in [6.45, 7) is 3.01. The lowest BCUT2D eigenvalue weighted by Crippen LogP contribution is -2.33. The van der Waals surface area contributed by atoms with E-state index in [2.05, 4.69) is 19.9 Å². The normalized spacial score (nSPS) is 27.0. The summed E-state index contributed by atoms with van der Waals surface area (Å²) in [4.78, 5) is 15.0. The van der Waals surface area contributed by atoms with Crippen LogP contribution in [-0.4, -0.2) is 46.4 Å². The molecule has 120 valence electrons. The van der Waals surface area contributed by atoms with E-state index in [9.17, 15) is 0 Å². The van der Waals surface area contributed by atoms with Crippen molar-refractivity contribution < 1.29 is 9.47 Å². The standard InChI is InChI=1S/C17H20N4O2/c1-3-14(10-18-5-1)11-22-15-9-17(23-12-15)4-8-21(13-17)16-19-6-2-7-20-16/h1-3,5-7,10,15H,4,8-9,11-13H2. The van der Waals surface area contributed by atoms with E-state index in [1.807, 2.05) is 24.4 Å². The van der Waals surface area contributed by atoms with Crippen LogP contribution in [-0.2, 0) is 16.1 Å². The summed E-state index contributed by atoms with van der Waals surface area (Å²) < 4.78 is 12.1. The molecule has 0 radical (unpaired) electrons. The Morgan fingerprint density at radius 1 is 1.26 bits per heavy atom. The van der Waals surface area contributed by atoms with Gasteiger partial charge < -0.3 is 14.4 Å². The predicted octanol–water partition coefficient (Wildman–Crippen LogP) is 1.83. The molecular weight excluding hydrogens is 292 g/mol. The average molecular weight is 312 g/mol. The Morgan fingerprint density at radius 2 is 2.17 bits per heavy atom. The molecule has 2 aliphatic heterocycles. The Kier molecular flexibility index (Phi) is 3.93. The second kappa shape index (κ2) is 6.22. The van der Waals surface area contributed by atoms with Crippen molar-refractivity contribution in [1.82, 2.24) is 15.0 Å². The third kappa shape index (κ3) is 3.18. The van der Waals surface area contributed by atoms with Crippen molar-refractivity contribution in [2.45, 2.75) is 31.2 Å². The van der Waals surface area contributed by atoms with Gasteiger partial charge in [0.25, 0.3) is 0 Å². The van der Waals surface area contributed by atoms with Gasteiger partial charge in [-0.25, -0.2) is 9.97 Å². The number of hydrogen-bond acceptors (Lipinski definition) is 6. The number of rotatable bonds is 4. The monoisotopic (exact) mass is 312 g/mol. The molecule has 2 atom stereocenters. The highest BCUT2D eigenvalue weighted by molar-refractivity contribution is 5.32. The summed E-state index contributed by atoms with van der Waals surface area (Å²) >= 11 is 0. The van der Waals surface area contributed by atoms with Crippen molar-refractivity contribution in [3.63, 3.8) is 0 Å². The first-order chi connectivity index (χ1) is 11.3. The molecule has 2 aliphatic rings. The van der Waals surface area contributed by atoms with Crippen molar-refractivity contribution >= 4 is 5.95 Å². The fraction of sp³-hybridized carbons (Fsp3) is 0.471. The zero-order chi connectivity index (χ0) is 15.5. The molecule has 2 unspecified atom stereocenters. The third-order valence-electron chi connectivity index (χ3n) is 4.53. The maximum absolute atomic E-state index is 6.12. The molecule has 0 amide bonds. The number of anilines is 1. The molecule has 4 heterocycles. The van der Waals surface area contributed by atoms with Crippen LogP contribution in [0.15, 0.2) is 43.0 Å². The molecule has 0 N–H and O–H groups in total. The number of nitrogens with zero attached hydrogens (tertiary/aromatic N) is 4. The Morgan fingerprint density at radius 3 is 3.00 bits per heavy atom. The molecule has 2 aromatic rings. The number of hydrogen-bond donors (Lipinski definition) is 0. The van der Waals surface area contributed by atoms with Gasteiger partial charge in [-0.15, -0.1) is 0 Å². The van der Waals surface area contributed by atoms with Gasteiger partial charge in [-0.1, -0.05) is 6.07 Å². The molecule has 6 heteroatoms. The second-order valence-electron chi connectivity index (χ2n) is 6.21. The van der Waals surface area contributed by atoms with Gasteiger partial charge >= 0.3 is 0 Å². The van der Waals surface area contributed by atoms with E-state index in [1.54, 1.807) is 18.6 Å². The summed E-state index contributed by atoms with van der Waals surface area (Å²) in [6, 6.07) is 5.80. The molecule has 6 nitrogen and oxygen atoms in total. The Hall–Kier alpha value is -2.05. The molecule has 1 spiro atoms. The van der Waals surface area contributed by atoms with E-state index < -0.39 is 0 Å². The summed E-state index contributed by atoms with van der Waals surface area (Å²) in [5.74, 6) is 0.785. The minimum absolute atomic E-state index is 0.112. The van der Waals surface area contributed by atoms with Gasteiger partial charge in [0.2, 0.25) is 5.95 Å². The van der Waals surface area contributed by atoms with Crippen LogP contribution in [0.25, 0.3) is 0 Å². The first-order valence-corrected chi connectivity index (χ1v) is 7.99. The van der Waals surface area contributed by atoms with Gasteiger partial charge in [0.1, 0.15) is 0 Å². The average Bonchev–Trinajstić information content (AvgIpc) is 3.22. The van der Waals surface area contributed by atoms with E-state index in [1.165, 1.54) is 0 Å². The third-order valence-corrected chi connectivity index (χ3v) is 4.53. The van der Waals surface area contributed by atoms with Crippen LogP contribution in [0.3, 0.4) is 0 Å². The summed E-state index contributed by atoms with van der Waals surface area (Å²) in [5.41, 5.74) is 0.984. The number of pyridine rings is 1. The van der Waals surface area contributed by atoms with Crippen molar-refractivity contribution in [3.05, 3.63) is 48.5 Å². The number of ether oxygens (including phenoxy) is 2. The highest BCUT2D eigenvalue weighted by Crippen LogP contribution is 2.37. The lowest BCUT2D eigenvalue weighted by atomic mass is 9.98. The van der Waals surface area contributed by atoms with Crippen molar-refractivity contribution in [2.24, 2.45) is 0 Å². The second-order valence-corrected chi connectivity index (χ2v) is 6.21. The lowest BCUT2D eigenvalue weighted by molar-refractivity contribution is 0.00576. The lowest BCUT2D eigenvalue weighted by Gasteiger charge is -2.23. The van der Waals surface area contributed by atoms with E-state index in [-0.39, 0.29) is 11.7 Å². The van der Waals surface area contributed by atoms with Gasteiger partial charge in [-0.3, -0.25) is 4.98 Å². The van der Waals surface area contributed by atoms with E-state index in [4.69, 9.17) is 9.47 Å². The highest BCUT2D eigenvalue weighted by Gasteiger charge is 2.46. The first-order valence-electron chi connectivity index (χ1n) is 7.99. The SMILES string of the molecule is c1cnc(N2CCC3(CC(OCc4cccnc4)CO3)C2)nc1. The fourth-order valence-corrected chi connectivity index (χ4v) is 3.36. The molecular formula is C17H20N4O2. The van der Waals surface area contributed by atoms with Gasteiger partial charge in [-0.05, 0) is 24.1 Å². The van der Waals surface area contributed by atoms with Crippen LogP contribution in [0.1, 0.15) is 18.4 Å². The Labute approximate surface area is 135 Å². The van der Waals surface area contributed by atoms with Gasteiger partial charge in [0.15, 0.2) is 0 Å².